The topological polar surface area (TPSA) is 0 Å². The number of fused-ring (bicyclic) bond motifs is 2. The molecule has 0 saturated heterocycles. The van der Waals surface area contributed by atoms with Crippen LogP contribution in [0.25, 0.3) is 0 Å². The molecule has 0 N–H and O–H groups in total. The van der Waals surface area contributed by atoms with Crippen LogP contribution in [0.15, 0.2) is 0 Å². The van der Waals surface area contributed by atoms with Crippen LogP contribution in [-0.4, -0.2) is 0 Å². The summed E-state index contributed by atoms with van der Waals surface area (Å²) in [6.45, 7) is 0. The molecule has 0 aliphatic heterocycles. The lowest BCUT2D eigenvalue weighted by atomic mass is 9.78. The number of hydrogen-bond donors (Lipinski definition) is 0. The average Bonchev–Trinajstić information content (AvgIpc) is 2.81. The Bertz CT molecular complexity index is 167. The molecule has 3 saturated carbocycles. The summed E-state index contributed by atoms with van der Waals surface area (Å²) in [5.74, 6) is 5.37. The van der Waals surface area contributed by atoms with Crippen molar-refractivity contribution in [3.8, 4) is 0 Å². The summed E-state index contributed by atoms with van der Waals surface area (Å²) in [7, 11) is 0. The monoisotopic (exact) mass is 163 g/mol. The van der Waals surface area contributed by atoms with Crippen LogP contribution in [-0.2, 0) is 0 Å². The highest BCUT2D eigenvalue weighted by Gasteiger charge is 2.43. The second-order valence-electron chi connectivity index (χ2n) is 5.15. The van der Waals surface area contributed by atoms with Crippen LogP contribution in [0.5, 0.6) is 0 Å². The maximum atomic E-state index is 1.97. The van der Waals surface area contributed by atoms with Gasteiger partial charge in [-0.15, -0.1) is 0 Å². The Balaban J connectivity index is 1.69. The van der Waals surface area contributed by atoms with Crippen molar-refractivity contribution in [1.82, 2.24) is 0 Å². The first kappa shape index (κ1) is 7.41. The molecule has 0 spiro atoms. The summed E-state index contributed by atoms with van der Waals surface area (Å²) < 4.78 is 0. The first-order valence-electron chi connectivity index (χ1n) is 5.78. The van der Waals surface area contributed by atoms with E-state index >= 15 is 0 Å². The van der Waals surface area contributed by atoms with Gasteiger partial charge < -0.3 is 0 Å². The van der Waals surface area contributed by atoms with Gasteiger partial charge in [0.1, 0.15) is 0 Å². The quantitative estimate of drug-likeness (QED) is 0.554. The minimum atomic E-state index is 1.10. The lowest BCUT2D eigenvalue weighted by Gasteiger charge is -2.26. The molecule has 12 heavy (non-hydrogen) atoms. The molecule has 0 amide bonds. The lowest BCUT2D eigenvalue weighted by Crippen LogP contribution is -2.16. The maximum absolute atomic E-state index is 1.97. The third kappa shape index (κ3) is 1.03. The van der Waals surface area contributed by atoms with Gasteiger partial charge in [-0.05, 0) is 55.8 Å². The molecule has 0 aromatic rings. The second-order valence-corrected chi connectivity index (χ2v) is 5.15. The summed E-state index contributed by atoms with van der Waals surface area (Å²) >= 11 is 0. The Hall–Kier alpha value is 0. The molecule has 2 bridgehead atoms. The Morgan fingerprint density at radius 3 is 2.33 bits per heavy atom. The van der Waals surface area contributed by atoms with E-state index in [1.807, 2.05) is 5.92 Å². The highest BCUT2D eigenvalue weighted by molar-refractivity contribution is 5.08. The van der Waals surface area contributed by atoms with Gasteiger partial charge in [0.2, 0.25) is 0 Å². The second kappa shape index (κ2) is 2.75. The van der Waals surface area contributed by atoms with Crippen molar-refractivity contribution in [3.63, 3.8) is 0 Å². The Labute approximate surface area is 75.7 Å². The predicted octanol–water partition coefficient (Wildman–Crippen LogP) is 3.57. The first-order chi connectivity index (χ1) is 5.93. The fraction of sp³-hybridized carbons (Fsp3) is 0.917. The van der Waals surface area contributed by atoms with E-state index in [-0.39, 0.29) is 0 Å². The van der Waals surface area contributed by atoms with E-state index in [4.69, 9.17) is 0 Å². The fourth-order valence-electron chi connectivity index (χ4n) is 3.94. The van der Waals surface area contributed by atoms with Crippen molar-refractivity contribution < 1.29 is 0 Å². The molecule has 3 rings (SSSR count). The maximum Gasteiger partial charge on any atom is -0.0207 e. The molecule has 0 aromatic heterocycles. The normalized spacial score (nSPS) is 47.5. The molecule has 3 aliphatic rings. The van der Waals surface area contributed by atoms with E-state index in [9.17, 15) is 0 Å². The van der Waals surface area contributed by atoms with Gasteiger partial charge in [0, 0.05) is 0 Å². The van der Waals surface area contributed by atoms with Gasteiger partial charge >= 0.3 is 0 Å². The third-order valence-corrected chi connectivity index (χ3v) is 4.51. The van der Waals surface area contributed by atoms with E-state index in [2.05, 4.69) is 0 Å². The summed E-state index contributed by atoms with van der Waals surface area (Å²) in [5, 5.41) is 0. The molecule has 3 fully saturated rings. The van der Waals surface area contributed by atoms with Crippen molar-refractivity contribution in [2.75, 3.05) is 0 Å². The summed E-state index contributed by atoms with van der Waals surface area (Å²) in [6, 6.07) is 0. The van der Waals surface area contributed by atoms with E-state index < -0.39 is 0 Å². The van der Waals surface area contributed by atoms with Gasteiger partial charge in [0.05, 0.1) is 0 Å². The summed E-state index contributed by atoms with van der Waals surface area (Å²) in [5.41, 5.74) is 0. The predicted molar refractivity (Wildman–Crippen MR) is 50.6 cm³/mol. The van der Waals surface area contributed by atoms with Crippen LogP contribution in [0.2, 0.25) is 0 Å². The van der Waals surface area contributed by atoms with Gasteiger partial charge in [-0.2, -0.15) is 0 Å². The highest BCUT2D eigenvalue weighted by Crippen LogP contribution is 2.54. The molecule has 0 heteroatoms. The van der Waals surface area contributed by atoms with Gasteiger partial charge in [0.15, 0.2) is 0 Å². The van der Waals surface area contributed by atoms with Crippen molar-refractivity contribution in [3.05, 3.63) is 5.92 Å². The zero-order valence-electron chi connectivity index (χ0n) is 7.89. The fourth-order valence-corrected chi connectivity index (χ4v) is 3.94. The smallest absolute Gasteiger partial charge is 0.0207 e. The molecule has 0 heterocycles. The minimum absolute atomic E-state index is 1.10. The highest BCUT2D eigenvalue weighted by atomic mass is 14.5. The van der Waals surface area contributed by atoms with Crippen LogP contribution < -0.4 is 0 Å². The van der Waals surface area contributed by atoms with E-state index in [0.717, 1.165) is 17.8 Å². The SMILES string of the molecule is C1CC[C](C2CC3CCC2C3)C1. The Morgan fingerprint density at radius 1 is 0.917 bits per heavy atom. The average molecular weight is 163 g/mol. The zero-order chi connectivity index (χ0) is 7.97. The third-order valence-electron chi connectivity index (χ3n) is 4.51. The van der Waals surface area contributed by atoms with E-state index in [0.29, 0.717) is 0 Å². The largest absolute Gasteiger partial charge is 0.0527 e. The van der Waals surface area contributed by atoms with Crippen molar-refractivity contribution >= 4 is 0 Å². The molecule has 1 radical (unpaired) electrons. The van der Waals surface area contributed by atoms with E-state index in [1.54, 1.807) is 25.7 Å². The molecule has 67 valence electrons. The molecule has 3 aliphatic carbocycles. The molecule has 0 aromatic carbocycles. The van der Waals surface area contributed by atoms with Gasteiger partial charge in [-0.3, -0.25) is 0 Å². The summed E-state index contributed by atoms with van der Waals surface area (Å²) in [4.78, 5) is 0. The molecule has 3 unspecified atom stereocenters. The van der Waals surface area contributed by atoms with Crippen LogP contribution >= 0.6 is 0 Å². The first-order valence-corrected chi connectivity index (χ1v) is 5.78. The molecular formula is C12H19. The molecule has 0 nitrogen and oxygen atoms in total. The molecular weight excluding hydrogens is 144 g/mol. The van der Waals surface area contributed by atoms with Gasteiger partial charge in [-0.25, -0.2) is 0 Å². The van der Waals surface area contributed by atoms with E-state index in [1.165, 1.54) is 25.7 Å². The van der Waals surface area contributed by atoms with Crippen LogP contribution in [0.1, 0.15) is 51.4 Å². The van der Waals surface area contributed by atoms with Crippen LogP contribution in [0.4, 0.5) is 0 Å². The van der Waals surface area contributed by atoms with Crippen LogP contribution in [0, 0.1) is 23.7 Å². The molecule has 3 atom stereocenters. The van der Waals surface area contributed by atoms with Gasteiger partial charge in [0.25, 0.3) is 0 Å². The lowest BCUT2D eigenvalue weighted by molar-refractivity contribution is 0.335. The Kier molecular flexibility index (Phi) is 1.70. The Morgan fingerprint density at radius 2 is 1.75 bits per heavy atom. The standard InChI is InChI=1S/C12H19/c1-2-4-10(3-1)12-8-9-5-6-11(12)7-9/h9,11-12H,1-8H2. The zero-order valence-corrected chi connectivity index (χ0v) is 7.89. The van der Waals surface area contributed by atoms with Crippen molar-refractivity contribution in [2.45, 2.75) is 51.4 Å². The van der Waals surface area contributed by atoms with Crippen molar-refractivity contribution in [1.29, 1.82) is 0 Å². The minimum Gasteiger partial charge on any atom is -0.0527 e. The van der Waals surface area contributed by atoms with Gasteiger partial charge in [-0.1, -0.05) is 19.3 Å². The number of rotatable bonds is 1. The summed E-state index contributed by atoms with van der Waals surface area (Å²) in [6.07, 6.45) is 12.3. The number of hydrogen-bond acceptors (Lipinski definition) is 0. The van der Waals surface area contributed by atoms with Crippen molar-refractivity contribution in [2.24, 2.45) is 17.8 Å². The van der Waals surface area contributed by atoms with Crippen LogP contribution in [0.3, 0.4) is 0 Å².